The van der Waals surface area contributed by atoms with Gasteiger partial charge in [0.15, 0.2) is 11.5 Å². The van der Waals surface area contributed by atoms with Gasteiger partial charge in [0.05, 0.1) is 18.3 Å². The van der Waals surface area contributed by atoms with Crippen LogP contribution in [-0.2, 0) is 17.8 Å². The molecule has 29 heavy (non-hydrogen) atoms. The Morgan fingerprint density at radius 1 is 1.17 bits per heavy atom. The van der Waals surface area contributed by atoms with Crippen LogP contribution in [-0.4, -0.2) is 29.9 Å². The van der Waals surface area contributed by atoms with Crippen LogP contribution in [0.4, 0.5) is 0 Å². The molecule has 0 saturated carbocycles. The third-order valence-electron chi connectivity index (χ3n) is 4.22. The predicted molar refractivity (Wildman–Crippen MR) is 110 cm³/mol. The lowest BCUT2D eigenvalue weighted by atomic mass is 10.0. The van der Waals surface area contributed by atoms with E-state index in [1.807, 2.05) is 35.7 Å². The number of rotatable bonds is 9. The summed E-state index contributed by atoms with van der Waals surface area (Å²) in [5.74, 6) is -0.120. The summed E-state index contributed by atoms with van der Waals surface area (Å²) in [5, 5.41) is 4.58. The first-order valence-corrected chi connectivity index (χ1v) is 9.83. The maximum atomic E-state index is 12.6. The molecule has 0 radical (unpaired) electrons. The Morgan fingerprint density at radius 3 is 2.62 bits per heavy atom. The fourth-order valence-electron chi connectivity index (χ4n) is 2.70. The zero-order valence-electron chi connectivity index (χ0n) is 15.8. The molecule has 1 aromatic heterocycles. The molecule has 0 bridgehead atoms. The summed E-state index contributed by atoms with van der Waals surface area (Å²) >= 11 is 1.49. The van der Waals surface area contributed by atoms with Gasteiger partial charge >= 0.3 is 0 Å². The number of ether oxygens (including phenoxy) is 2. The predicted octanol–water partition coefficient (Wildman–Crippen LogP) is 2.56. The van der Waals surface area contributed by atoms with Crippen molar-refractivity contribution < 1.29 is 19.1 Å². The van der Waals surface area contributed by atoms with Gasteiger partial charge in [-0.05, 0) is 23.8 Å². The minimum absolute atomic E-state index is 0.298. The molecule has 3 aromatic rings. The number of primary amides is 1. The quantitative estimate of drug-likeness (QED) is 0.563. The Hall–Kier alpha value is -3.39. The monoisotopic (exact) mass is 411 g/mol. The van der Waals surface area contributed by atoms with Crippen LogP contribution in [0.2, 0.25) is 0 Å². The zero-order valence-corrected chi connectivity index (χ0v) is 16.6. The van der Waals surface area contributed by atoms with E-state index in [1.54, 1.807) is 23.7 Å². The summed E-state index contributed by atoms with van der Waals surface area (Å²) in [5.41, 5.74) is 9.25. The molecule has 0 aliphatic heterocycles. The number of methoxy groups -OCH3 is 1. The van der Waals surface area contributed by atoms with Gasteiger partial charge in [0.1, 0.15) is 12.6 Å². The van der Waals surface area contributed by atoms with Crippen molar-refractivity contribution in [2.24, 2.45) is 5.73 Å². The van der Waals surface area contributed by atoms with Crippen molar-refractivity contribution in [3.63, 3.8) is 0 Å². The highest BCUT2D eigenvalue weighted by Gasteiger charge is 2.20. The van der Waals surface area contributed by atoms with Gasteiger partial charge in [-0.1, -0.05) is 30.3 Å². The van der Waals surface area contributed by atoms with E-state index in [2.05, 4.69) is 10.3 Å². The number of nitrogens with zero attached hydrogens (tertiary/aromatic N) is 1. The first-order valence-electron chi connectivity index (χ1n) is 8.89. The molecule has 150 valence electrons. The third-order valence-corrected chi connectivity index (χ3v) is 4.85. The maximum Gasteiger partial charge on any atom is 0.252 e. The molecule has 7 nitrogen and oxygen atoms in total. The lowest BCUT2D eigenvalue weighted by Crippen LogP contribution is -2.45. The third kappa shape index (κ3) is 5.55. The van der Waals surface area contributed by atoms with Crippen LogP contribution in [0.1, 0.15) is 21.6 Å². The van der Waals surface area contributed by atoms with Crippen LogP contribution >= 0.6 is 11.3 Å². The van der Waals surface area contributed by atoms with Gasteiger partial charge in [-0.25, -0.2) is 4.98 Å². The SMILES string of the molecule is COc1cc(C(=O)NC(Cc2ccccc2)C(N)=O)ccc1OCc1cscn1. The molecule has 8 heteroatoms. The minimum atomic E-state index is -0.823. The molecular weight excluding hydrogens is 390 g/mol. The summed E-state index contributed by atoms with van der Waals surface area (Å²) < 4.78 is 11.1. The summed E-state index contributed by atoms with van der Waals surface area (Å²) in [7, 11) is 1.49. The van der Waals surface area contributed by atoms with Crippen LogP contribution in [0.25, 0.3) is 0 Å². The highest BCUT2D eigenvalue weighted by Crippen LogP contribution is 2.29. The molecule has 0 saturated heterocycles. The number of benzene rings is 2. The average Bonchev–Trinajstić information content (AvgIpc) is 3.26. The highest BCUT2D eigenvalue weighted by atomic mass is 32.1. The maximum absolute atomic E-state index is 12.6. The Bertz CT molecular complexity index is 961. The van der Waals surface area contributed by atoms with E-state index < -0.39 is 17.9 Å². The Kier molecular flexibility index (Phi) is 6.80. The lowest BCUT2D eigenvalue weighted by molar-refractivity contribution is -0.119. The van der Waals surface area contributed by atoms with E-state index in [4.69, 9.17) is 15.2 Å². The number of nitrogens with two attached hydrogens (primary N) is 1. The van der Waals surface area contributed by atoms with E-state index in [0.717, 1.165) is 11.3 Å². The second-order valence-corrected chi connectivity index (χ2v) is 6.97. The Morgan fingerprint density at radius 2 is 1.97 bits per heavy atom. The number of thiazole rings is 1. The number of aromatic nitrogens is 1. The van der Waals surface area contributed by atoms with E-state index >= 15 is 0 Å². The van der Waals surface area contributed by atoms with Crippen LogP contribution in [0.5, 0.6) is 11.5 Å². The number of hydrogen-bond acceptors (Lipinski definition) is 6. The molecule has 3 N–H and O–H groups in total. The Balaban J connectivity index is 1.69. The fourth-order valence-corrected chi connectivity index (χ4v) is 3.25. The van der Waals surface area contributed by atoms with Crippen molar-refractivity contribution in [3.05, 3.63) is 76.2 Å². The van der Waals surface area contributed by atoms with Crippen molar-refractivity contribution >= 4 is 23.2 Å². The summed E-state index contributed by atoms with van der Waals surface area (Å²) in [6, 6.07) is 13.4. The van der Waals surface area contributed by atoms with E-state index in [1.165, 1.54) is 18.4 Å². The van der Waals surface area contributed by atoms with Gasteiger partial charge in [0.2, 0.25) is 5.91 Å². The van der Waals surface area contributed by atoms with Crippen LogP contribution in [0.3, 0.4) is 0 Å². The molecule has 1 heterocycles. The molecule has 2 amide bonds. The molecule has 0 aliphatic carbocycles. The van der Waals surface area contributed by atoms with E-state index in [0.29, 0.717) is 30.1 Å². The zero-order chi connectivity index (χ0) is 20.6. The van der Waals surface area contributed by atoms with Crippen molar-refractivity contribution in [1.29, 1.82) is 0 Å². The van der Waals surface area contributed by atoms with Gasteiger partial charge in [0.25, 0.3) is 5.91 Å². The van der Waals surface area contributed by atoms with Crippen LogP contribution < -0.4 is 20.5 Å². The topological polar surface area (TPSA) is 104 Å². The van der Waals surface area contributed by atoms with Crippen molar-refractivity contribution in [1.82, 2.24) is 10.3 Å². The number of carbonyl (C=O) groups is 2. The van der Waals surface area contributed by atoms with Gasteiger partial charge < -0.3 is 20.5 Å². The fraction of sp³-hybridized carbons (Fsp3) is 0.190. The molecule has 1 atom stereocenters. The molecule has 0 aliphatic rings. The second kappa shape index (κ2) is 9.70. The molecule has 2 aromatic carbocycles. The average molecular weight is 411 g/mol. The molecule has 0 fully saturated rings. The lowest BCUT2D eigenvalue weighted by Gasteiger charge is -2.16. The summed E-state index contributed by atoms with van der Waals surface area (Å²) in [4.78, 5) is 28.6. The molecule has 3 rings (SSSR count). The van der Waals surface area contributed by atoms with Gasteiger partial charge in [0, 0.05) is 17.4 Å². The summed E-state index contributed by atoms with van der Waals surface area (Å²) in [6.45, 7) is 0.298. The van der Waals surface area contributed by atoms with Gasteiger partial charge in [-0.2, -0.15) is 0 Å². The minimum Gasteiger partial charge on any atom is -0.493 e. The van der Waals surface area contributed by atoms with E-state index in [-0.39, 0.29) is 0 Å². The smallest absolute Gasteiger partial charge is 0.252 e. The normalized spacial score (nSPS) is 11.5. The molecule has 0 spiro atoms. The highest BCUT2D eigenvalue weighted by molar-refractivity contribution is 7.07. The van der Waals surface area contributed by atoms with Crippen molar-refractivity contribution in [2.45, 2.75) is 19.1 Å². The standard InChI is InChI=1S/C21H21N3O4S/c1-27-19-10-15(7-8-18(19)28-11-16-12-29-13-23-16)21(26)24-17(20(22)25)9-14-5-3-2-4-6-14/h2-8,10,12-13,17H,9,11H2,1H3,(H2,22,25)(H,24,26). The van der Waals surface area contributed by atoms with Crippen molar-refractivity contribution in [2.75, 3.05) is 7.11 Å². The van der Waals surface area contributed by atoms with Crippen LogP contribution in [0.15, 0.2) is 59.4 Å². The van der Waals surface area contributed by atoms with E-state index in [9.17, 15) is 9.59 Å². The number of hydrogen-bond donors (Lipinski definition) is 2. The second-order valence-electron chi connectivity index (χ2n) is 6.25. The van der Waals surface area contributed by atoms with Crippen LogP contribution in [0, 0.1) is 0 Å². The molecular formula is C21H21N3O4S. The number of nitrogens with one attached hydrogen (secondary N) is 1. The molecule has 1 unspecified atom stereocenters. The number of carbonyl (C=O) groups excluding carboxylic acids is 2. The van der Waals surface area contributed by atoms with Crippen molar-refractivity contribution in [3.8, 4) is 11.5 Å². The first-order chi connectivity index (χ1) is 14.1. The first kappa shape index (κ1) is 20.3. The number of amides is 2. The van der Waals surface area contributed by atoms with Gasteiger partial charge in [-0.3, -0.25) is 9.59 Å². The summed E-state index contributed by atoms with van der Waals surface area (Å²) in [6.07, 6.45) is 0.313. The largest absolute Gasteiger partial charge is 0.493 e. The van der Waals surface area contributed by atoms with Gasteiger partial charge in [-0.15, -0.1) is 11.3 Å². The Labute approximate surface area is 172 Å².